The highest BCUT2D eigenvalue weighted by Crippen LogP contribution is 2.22. The van der Waals surface area contributed by atoms with E-state index in [4.69, 9.17) is 4.74 Å². The van der Waals surface area contributed by atoms with Crippen LogP contribution < -0.4 is 10.1 Å². The molecule has 0 aliphatic heterocycles. The van der Waals surface area contributed by atoms with Crippen molar-refractivity contribution in [3.8, 4) is 11.6 Å². The molecule has 1 N–H and O–H groups in total. The number of nitrogens with one attached hydrogen (secondary N) is 1. The third-order valence-corrected chi connectivity index (χ3v) is 3.84. The number of pyridine rings is 2. The van der Waals surface area contributed by atoms with E-state index in [2.05, 4.69) is 22.2 Å². The van der Waals surface area contributed by atoms with Gasteiger partial charge in [-0.2, -0.15) is 0 Å². The Morgan fingerprint density at radius 1 is 1.04 bits per heavy atom. The number of hydrogen-bond donors (Lipinski definition) is 1. The van der Waals surface area contributed by atoms with Gasteiger partial charge in [-0.25, -0.2) is 4.98 Å². The second-order valence-corrected chi connectivity index (χ2v) is 5.84. The molecule has 3 aromatic rings. The number of anilines is 1. The summed E-state index contributed by atoms with van der Waals surface area (Å²) in [5, 5.41) is 2.76. The van der Waals surface area contributed by atoms with Gasteiger partial charge < -0.3 is 10.1 Å². The molecule has 2 heterocycles. The van der Waals surface area contributed by atoms with Gasteiger partial charge in [-0.05, 0) is 66.9 Å². The summed E-state index contributed by atoms with van der Waals surface area (Å²) in [6.45, 7) is 4.09. The van der Waals surface area contributed by atoms with Crippen LogP contribution in [-0.4, -0.2) is 15.9 Å². The number of nitrogens with zero attached hydrogens (tertiary/aromatic N) is 2. The first-order chi connectivity index (χ1) is 12.6. The van der Waals surface area contributed by atoms with Crippen LogP contribution in [0.25, 0.3) is 6.08 Å². The number of rotatable bonds is 5. The third-order valence-electron chi connectivity index (χ3n) is 3.84. The summed E-state index contributed by atoms with van der Waals surface area (Å²) >= 11 is 0. The molecule has 0 bridgehead atoms. The lowest BCUT2D eigenvalue weighted by molar-refractivity contribution is -0.111. The van der Waals surface area contributed by atoms with Gasteiger partial charge in [0.15, 0.2) is 0 Å². The molecule has 0 saturated heterocycles. The van der Waals surface area contributed by atoms with Crippen LogP contribution in [0.1, 0.15) is 16.7 Å². The van der Waals surface area contributed by atoms with E-state index in [9.17, 15) is 4.79 Å². The van der Waals surface area contributed by atoms with Crippen LogP contribution in [0.3, 0.4) is 0 Å². The molecule has 0 aliphatic rings. The zero-order chi connectivity index (χ0) is 18.4. The molecule has 26 heavy (non-hydrogen) atoms. The molecule has 5 heteroatoms. The van der Waals surface area contributed by atoms with Gasteiger partial charge in [0, 0.05) is 24.5 Å². The highest BCUT2D eigenvalue weighted by Gasteiger charge is 2.03. The summed E-state index contributed by atoms with van der Waals surface area (Å²) in [5.74, 6) is 0.975. The SMILES string of the molecule is Cc1ccc(Oc2ccc(NC(=O)/C=C/c3ccncc3)cn2)cc1C. The van der Waals surface area contributed by atoms with Crippen LogP contribution in [0, 0.1) is 13.8 Å². The summed E-state index contributed by atoms with van der Waals surface area (Å²) in [7, 11) is 0. The van der Waals surface area contributed by atoms with Crippen LogP contribution in [-0.2, 0) is 4.79 Å². The number of carbonyl (C=O) groups is 1. The second kappa shape index (κ2) is 8.07. The fourth-order valence-electron chi connectivity index (χ4n) is 2.24. The van der Waals surface area contributed by atoms with Crippen LogP contribution in [0.5, 0.6) is 11.6 Å². The molecule has 3 rings (SSSR count). The first-order valence-corrected chi connectivity index (χ1v) is 8.20. The Hall–Kier alpha value is -3.47. The maximum atomic E-state index is 12.0. The molecule has 1 aromatic carbocycles. The minimum absolute atomic E-state index is 0.230. The average Bonchev–Trinajstić information content (AvgIpc) is 2.65. The van der Waals surface area contributed by atoms with Crippen molar-refractivity contribution in [1.82, 2.24) is 9.97 Å². The number of amides is 1. The molecular formula is C21H19N3O2. The molecule has 1 amide bonds. The standard InChI is InChI=1S/C21H19N3O2/c1-15-3-6-19(13-16(15)2)26-21-8-5-18(14-23-21)24-20(25)7-4-17-9-11-22-12-10-17/h3-14H,1-2H3,(H,24,25)/b7-4+. The smallest absolute Gasteiger partial charge is 0.248 e. The number of hydrogen-bond acceptors (Lipinski definition) is 4. The van der Waals surface area contributed by atoms with Crippen molar-refractivity contribution in [2.24, 2.45) is 0 Å². The molecule has 0 atom stereocenters. The minimum atomic E-state index is -0.230. The normalized spacial score (nSPS) is 10.7. The Labute approximate surface area is 152 Å². The fraction of sp³-hybridized carbons (Fsp3) is 0.0952. The van der Waals surface area contributed by atoms with Crippen LogP contribution in [0.2, 0.25) is 0 Å². The number of benzene rings is 1. The topological polar surface area (TPSA) is 64.1 Å². The number of aromatic nitrogens is 2. The molecule has 0 radical (unpaired) electrons. The summed E-state index contributed by atoms with van der Waals surface area (Å²) in [4.78, 5) is 20.1. The van der Waals surface area contributed by atoms with Crippen LogP contribution in [0.4, 0.5) is 5.69 Å². The zero-order valence-electron chi connectivity index (χ0n) is 14.6. The van der Waals surface area contributed by atoms with Gasteiger partial charge in [0.1, 0.15) is 5.75 Å². The van der Waals surface area contributed by atoms with E-state index >= 15 is 0 Å². The molecular weight excluding hydrogens is 326 g/mol. The highest BCUT2D eigenvalue weighted by atomic mass is 16.5. The van der Waals surface area contributed by atoms with E-state index in [-0.39, 0.29) is 5.91 Å². The second-order valence-electron chi connectivity index (χ2n) is 5.84. The van der Waals surface area contributed by atoms with Gasteiger partial charge >= 0.3 is 0 Å². The average molecular weight is 345 g/mol. The molecule has 5 nitrogen and oxygen atoms in total. The van der Waals surface area contributed by atoms with E-state index in [0.717, 1.165) is 16.9 Å². The summed E-state index contributed by atoms with van der Waals surface area (Å²) < 4.78 is 5.74. The fourth-order valence-corrected chi connectivity index (χ4v) is 2.24. The summed E-state index contributed by atoms with van der Waals surface area (Å²) in [6.07, 6.45) is 8.11. The molecule has 0 aliphatic carbocycles. The number of aryl methyl sites for hydroxylation is 2. The van der Waals surface area contributed by atoms with Gasteiger partial charge in [-0.3, -0.25) is 9.78 Å². The van der Waals surface area contributed by atoms with Crippen molar-refractivity contribution >= 4 is 17.7 Å². The van der Waals surface area contributed by atoms with Crippen LogP contribution in [0.15, 0.2) is 67.1 Å². The predicted octanol–water partition coefficient (Wildman–Crippen LogP) is 4.54. The number of ether oxygens (including phenoxy) is 1. The summed E-state index contributed by atoms with van der Waals surface area (Å²) in [5.41, 5.74) is 3.88. The lowest BCUT2D eigenvalue weighted by atomic mass is 10.1. The Balaban J connectivity index is 1.59. The van der Waals surface area contributed by atoms with Gasteiger partial charge in [0.05, 0.1) is 11.9 Å². The molecule has 0 unspecified atom stereocenters. The minimum Gasteiger partial charge on any atom is -0.439 e. The van der Waals surface area contributed by atoms with Crippen molar-refractivity contribution in [3.05, 3.63) is 83.8 Å². The first-order valence-electron chi connectivity index (χ1n) is 8.20. The van der Waals surface area contributed by atoms with Crippen molar-refractivity contribution in [2.75, 3.05) is 5.32 Å². The molecule has 0 fully saturated rings. The monoisotopic (exact) mass is 345 g/mol. The lowest BCUT2D eigenvalue weighted by Crippen LogP contribution is -2.07. The van der Waals surface area contributed by atoms with E-state index in [1.54, 1.807) is 36.8 Å². The maximum Gasteiger partial charge on any atom is 0.248 e. The van der Waals surface area contributed by atoms with E-state index in [1.807, 2.05) is 37.3 Å². The van der Waals surface area contributed by atoms with Gasteiger partial charge in [0.2, 0.25) is 11.8 Å². The molecule has 0 spiro atoms. The zero-order valence-corrected chi connectivity index (χ0v) is 14.6. The summed E-state index contributed by atoms with van der Waals surface area (Å²) in [6, 6.07) is 13.0. The third kappa shape index (κ3) is 4.77. The van der Waals surface area contributed by atoms with Crippen LogP contribution >= 0.6 is 0 Å². The Bertz CT molecular complexity index is 920. The Kier molecular flexibility index (Phi) is 5.39. The lowest BCUT2D eigenvalue weighted by Gasteiger charge is -2.08. The first kappa shape index (κ1) is 17.4. The quantitative estimate of drug-likeness (QED) is 0.690. The van der Waals surface area contributed by atoms with Gasteiger partial charge in [-0.15, -0.1) is 0 Å². The van der Waals surface area contributed by atoms with Crippen molar-refractivity contribution in [2.45, 2.75) is 13.8 Å². The van der Waals surface area contributed by atoms with Gasteiger partial charge in [-0.1, -0.05) is 6.07 Å². The van der Waals surface area contributed by atoms with E-state index in [0.29, 0.717) is 11.6 Å². The molecule has 130 valence electrons. The molecule has 2 aromatic heterocycles. The van der Waals surface area contributed by atoms with E-state index < -0.39 is 0 Å². The largest absolute Gasteiger partial charge is 0.439 e. The maximum absolute atomic E-state index is 12.0. The Morgan fingerprint density at radius 2 is 1.85 bits per heavy atom. The van der Waals surface area contributed by atoms with Crippen molar-refractivity contribution < 1.29 is 9.53 Å². The van der Waals surface area contributed by atoms with E-state index in [1.165, 1.54) is 11.6 Å². The van der Waals surface area contributed by atoms with Gasteiger partial charge in [0.25, 0.3) is 0 Å². The van der Waals surface area contributed by atoms with Crippen molar-refractivity contribution in [3.63, 3.8) is 0 Å². The Morgan fingerprint density at radius 3 is 2.54 bits per heavy atom. The number of carbonyl (C=O) groups excluding carboxylic acids is 1. The predicted molar refractivity (Wildman–Crippen MR) is 102 cm³/mol. The highest BCUT2D eigenvalue weighted by molar-refractivity contribution is 6.01. The van der Waals surface area contributed by atoms with Crippen molar-refractivity contribution in [1.29, 1.82) is 0 Å². The molecule has 0 saturated carbocycles.